The molecule has 41 heavy (non-hydrogen) atoms. The summed E-state index contributed by atoms with van der Waals surface area (Å²) in [5.74, 6) is -0.659. The summed E-state index contributed by atoms with van der Waals surface area (Å²) in [5, 5.41) is 8.69. The Hall–Kier alpha value is -1.06. The molecule has 0 aliphatic carbocycles. The van der Waals surface area contributed by atoms with E-state index in [9.17, 15) is 9.59 Å². The summed E-state index contributed by atoms with van der Waals surface area (Å²) in [6.45, 7) is 4.51. The van der Waals surface area contributed by atoms with Crippen molar-refractivity contribution >= 4 is 11.9 Å². The van der Waals surface area contributed by atoms with Gasteiger partial charge in [0.1, 0.15) is 6.10 Å². The fraction of sp³-hybridized carbons (Fsp3) is 0.946. The molecule has 0 saturated heterocycles. The molecule has 1 N–H and O–H groups in total. The molecule has 1 unspecified atom stereocenters. The van der Waals surface area contributed by atoms with Crippen LogP contribution in [0.2, 0.25) is 0 Å². The molecule has 0 radical (unpaired) electrons. The highest BCUT2D eigenvalue weighted by Crippen LogP contribution is 2.18. The summed E-state index contributed by atoms with van der Waals surface area (Å²) in [6.07, 6.45) is 38.6. The van der Waals surface area contributed by atoms with E-state index in [1.165, 1.54) is 135 Å². The smallest absolute Gasteiger partial charge is 0.306 e. The third-order valence-corrected chi connectivity index (χ3v) is 8.58. The van der Waals surface area contributed by atoms with E-state index < -0.39 is 5.97 Å². The lowest BCUT2D eigenvalue weighted by Gasteiger charge is -2.18. The van der Waals surface area contributed by atoms with Crippen LogP contribution >= 0.6 is 0 Å². The molecule has 0 aliphatic rings. The van der Waals surface area contributed by atoms with Crippen molar-refractivity contribution in [2.75, 3.05) is 0 Å². The molecule has 4 heteroatoms. The van der Waals surface area contributed by atoms with Gasteiger partial charge in [-0.3, -0.25) is 9.59 Å². The summed E-state index contributed by atoms with van der Waals surface area (Å²) >= 11 is 0. The molecule has 0 aliphatic heterocycles. The molecule has 0 aromatic rings. The number of esters is 1. The summed E-state index contributed by atoms with van der Waals surface area (Å²) in [6, 6.07) is 0. The van der Waals surface area contributed by atoms with Crippen molar-refractivity contribution in [3.05, 3.63) is 0 Å². The molecule has 0 saturated carbocycles. The first-order valence-corrected chi connectivity index (χ1v) is 18.5. The molecular weight excluding hydrogens is 508 g/mol. The Morgan fingerprint density at radius 2 is 0.732 bits per heavy atom. The molecule has 0 bridgehead atoms. The van der Waals surface area contributed by atoms with Gasteiger partial charge in [0.15, 0.2) is 0 Å². The second-order valence-corrected chi connectivity index (χ2v) is 12.8. The average Bonchev–Trinajstić information content (AvgIpc) is 2.95. The minimum atomic E-state index is -0.681. The van der Waals surface area contributed by atoms with E-state index >= 15 is 0 Å². The normalized spacial score (nSPS) is 12.0. The SMILES string of the molecule is CCCCCCCCCCCCCCCCCCCC(=O)OC(CCCCC)CCCCCCCCCCC(=O)O. The monoisotopic (exact) mass is 581 g/mol. The Kier molecular flexibility index (Phi) is 32.6. The Morgan fingerprint density at radius 3 is 1.12 bits per heavy atom. The first kappa shape index (κ1) is 39.9. The fourth-order valence-electron chi connectivity index (χ4n) is 5.83. The number of hydrogen-bond acceptors (Lipinski definition) is 3. The van der Waals surface area contributed by atoms with Gasteiger partial charge in [0, 0.05) is 12.8 Å². The maximum absolute atomic E-state index is 12.5. The second-order valence-electron chi connectivity index (χ2n) is 12.8. The molecule has 4 nitrogen and oxygen atoms in total. The Labute approximate surface area is 256 Å². The van der Waals surface area contributed by atoms with Crippen LogP contribution < -0.4 is 0 Å². The van der Waals surface area contributed by atoms with Crippen LogP contribution in [-0.4, -0.2) is 23.1 Å². The minimum absolute atomic E-state index is 0.0221. The van der Waals surface area contributed by atoms with Gasteiger partial charge in [0.25, 0.3) is 0 Å². The maximum atomic E-state index is 12.5. The van der Waals surface area contributed by atoms with E-state index in [2.05, 4.69) is 13.8 Å². The summed E-state index contributed by atoms with van der Waals surface area (Å²) < 4.78 is 5.93. The van der Waals surface area contributed by atoms with Crippen molar-refractivity contribution < 1.29 is 19.4 Å². The predicted octanol–water partition coefficient (Wildman–Crippen LogP) is 12.5. The summed E-state index contributed by atoms with van der Waals surface area (Å²) in [4.78, 5) is 23.0. The summed E-state index contributed by atoms with van der Waals surface area (Å²) in [5.41, 5.74) is 0. The van der Waals surface area contributed by atoms with Crippen molar-refractivity contribution in [1.29, 1.82) is 0 Å². The first-order chi connectivity index (χ1) is 20.1. The standard InChI is InChI=1S/C37H72O4/c1-3-5-7-8-9-10-11-12-13-14-15-16-17-18-23-26-30-34-37(40)41-35(31-27-6-4-2)32-28-24-21-19-20-22-25-29-33-36(38)39/h35H,3-34H2,1-2H3,(H,38,39). The van der Waals surface area contributed by atoms with Crippen LogP contribution in [0.15, 0.2) is 0 Å². The van der Waals surface area contributed by atoms with E-state index in [0.29, 0.717) is 12.8 Å². The fourth-order valence-corrected chi connectivity index (χ4v) is 5.83. The Bertz CT molecular complexity index is 547. The first-order valence-electron chi connectivity index (χ1n) is 18.5. The lowest BCUT2D eigenvalue weighted by atomic mass is 10.0. The van der Waals surface area contributed by atoms with Crippen molar-refractivity contribution in [3.8, 4) is 0 Å². The summed E-state index contributed by atoms with van der Waals surface area (Å²) in [7, 11) is 0. The number of carboxylic acid groups (broad SMARTS) is 1. The number of carbonyl (C=O) groups excluding carboxylic acids is 1. The van der Waals surface area contributed by atoms with Crippen LogP contribution in [-0.2, 0) is 14.3 Å². The third kappa shape index (κ3) is 33.3. The van der Waals surface area contributed by atoms with Crippen LogP contribution in [0.4, 0.5) is 0 Å². The number of carbonyl (C=O) groups is 2. The molecule has 0 spiro atoms. The zero-order valence-electron chi connectivity index (χ0n) is 27.9. The van der Waals surface area contributed by atoms with Crippen LogP contribution in [0.25, 0.3) is 0 Å². The van der Waals surface area contributed by atoms with Crippen molar-refractivity contribution in [1.82, 2.24) is 0 Å². The Morgan fingerprint density at radius 1 is 0.439 bits per heavy atom. The number of ether oxygens (including phenoxy) is 1. The average molecular weight is 581 g/mol. The number of rotatable bonds is 34. The number of hydrogen-bond donors (Lipinski definition) is 1. The zero-order chi connectivity index (χ0) is 30.1. The van der Waals surface area contributed by atoms with Gasteiger partial charge in [-0.1, -0.05) is 168 Å². The third-order valence-electron chi connectivity index (χ3n) is 8.58. The van der Waals surface area contributed by atoms with E-state index in [-0.39, 0.29) is 12.1 Å². The van der Waals surface area contributed by atoms with E-state index in [0.717, 1.165) is 57.8 Å². The van der Waals surface area contributed by atoms with Crippen molar-refractivity contribution in [2.24, 2.45) is 0 Å². The van der Waals surface area contributed by atoms with Gasteiger partial charge >= 0.3 is 11.9 Å². The largest absolute Gasteiger partial charge is 0.481 e. The molecular formula is C37H72O4. The van der Waals surface area contributed by atoms with Crippen molar-refractivity contribution in [3.63, 3.8) is 0 Å². The van der Waals surface area contributed by atoms with E-state index in [1.807, 2.05) is 0 Å². The van der Waals surface area contributed by atoms with Gasteiger partial charge in [-0.05, 0) is 38.5 Å². The van der Waals surface area contributed by atoms with Gasteiger partial charge in [0.05, 0.1) is 0 Å². The molecule has 0 aromatic carbocycles. The lowest BCUT2D eigenvalue weighted by Crippen LogP contribution is -2.18. The highest BCUT2D eigenvalue weighted by Gasteiger charge is 2.14. The molecule has 244 valence electrons. The molecule has 0 rings (SSSR count). The van der Waals surface area contributed by atoms with Gasteiger partial charge < -0.3 is 9.84 Å². The van der Waals surface area contributed by atoms with E-state index in [1.54, 1.807) is 0 Å². The van der Waals surface area contributed by atoms with Gasteiger partial charge in [-0.15, -0.1) is 0 Å². The lowest BCUT2D eigenvalue weighted by molar-refractivity contribution is -0.150. The minimum Gasteiger partial charge on any atom is -0.481 e. The van der Waals surface area contributed by atoms with Crippen molar-refractivity contribution in [2.45, 2.75) is 225 Å². The van der Waals surface area contributed by atoms with Crippen LogP contribution in [0.3, 0.4) is 0 Å². The number of aliphatic carboxylic acids is 1. The number of carboxylic acids is 1. The van der Waals surface area contributed by atoms with Crippen LogP contribution in [0.5, 0.6) is 0 Å². The van der Waals surface area contributed by atoms with Gasteiger partial charge in [0.2, 0.25) is 0 Å². The number of unbranched alkanes of at least 4 members (excludes halogenated alkanes) is 25. The quantitative estimate of drug-likeness (QED) is 0.0607. The highest BCUT2D eigenvalue weighted by molar-refractivity contribution is 5.69. The molecule has 0 fully saturated rings. The topological polar surface area (TPSA) is 63.6 Å². The molecule has 1 atom stereocenters. The second kappa shape index (κ2) is 33.4. The van der Waals surface area contributed by atoms with Gasteiger partial charge in [-0.25, -0.2) is 0 Å². The molecule has 0 heterocycles. The maximum Gasteiger partial charge on any atom is 0.306 e. The molecule has 0 aromatic heterocycles. The highest BCUT2D eigenvalue weighted by atomic mass is 16.5. The molecule has 0 amide bonds. The van der Waals surface area contributed by atoms with Crippen LogP contribution in [0.1, 0.15) is 219 Å². The van der Waals surface area contributed by atoms with Gasteiger partial charge in [-0.2, -0.15) is 0 Å². The zero-order valence-corrected chi connectivity index (χ0v) is 27.9. The van der Waals surface area contributed by atoms with Crippen LogP contribution in [0, 0.1) is 0 Å². The predicted molar refractivity (Wildman–Crippen MR) is 177 cm³/mol. The Balaban J connectivity index is 3.66. The van der Waals surface area contributed by atoms with E-state index in [4.69, 9.17) is 9.84 Å².